The quantitative estimate of drug-likeness (QED) is 0.802. The van der Waals surface area contributed by atoms with Gasteiger partial charge in [-0.25, -0.2) is 0 Å². The van der Waals surface area contributed by atoms with E-state index in [1.165, 1.54) is 0 Å². The maximum Gasteiger partial charge on any atom is 0.244 e. The minimum Gasteiger partial charge on any atom is -0.491 e. The van der Waals surface area contributed by atoms with Crippen molar-refractivity contribution in [2.45, 2.75) is 25.5 Å². The Hall–Kier alpha value is -2.43. The van der Waals surface area contributed by atoms with Crippen molar-refractivity contribution in [3.8, 4) is 11.8 Å². The van der Waals surface area contributed by atoms with Gasteiger partial charge in [-0.3, -0.25) is 4.90 Å². The molecule has 0 aliphatic carbocycles. The first-order valence-corrected chi connectivity index (χ1v) is 7.90. The van der Waals surface area contributed by atoms with E-state index in [2.05, 4.69) is 21.1 Å². The maximum atomic E-state index is 9.10. The Labute approximate surface area is 140 Å². The first-order chi connectivity index (χ1) is 11.7. The highest BCUT2D eigenvalue weighted by atomic mass is 16.5. The molecule has 2 aromatic rings. The molecule has 0 N–H and O–H groups in total. The van der Waals surface area contributed by atoms with Crippen molar-refractivity contribution in [2.24, 2.45) is 0 Å². The van der Waals surface area contributed by atoms with Crippen molar-refractivity contribution in [3.63, 3.8) is 0 Å². The molecular weight excluding hydrogens is 308 g/mol. The third-order valence-electron chi connectivity index (χ3n) is 4.17. The summed E-state index contributed by atoms with van der Waals surface area (Å²) in [5.74, 6) is 1.85. The van der Waals surface area contributed by atoms with Crippen molar-refractivity contribution in [1.82, 2.24) is 15.0 Å². The van der Waals surface area contributed by atoms with E-state index in [1.807, 2.05) is 19.1 Å². The van der Waals surface area contributed by atoms with Crippen LogP contribution in [0.1, 0.15) is 29.7 Å². The zero-order valence-corrected chi connectivity index (χ0v) is 13.8. The summed E-state index contributed by atoms with van der Waals surface area (Å²) in [6.07, 6.45) is 0.945. The van der Waals surface area contributed by atoms with Crippen molar-refractivity contribution >= 4 is 0 Å². The van der Waals surface area contributed by atoms with Gasteiger partial charge < -0.3 is 14.0 Å². The molecular formula is C17H20N4O3. The van der Waals surface area contributed by atoms with E-state index in [0.717, 1.165) is 13.0 Å². The molecule has 2 atom stereocenters. The molecule has 2 heterocycles. The van der Waals surface area contributed by atoms with Crippen LogP contribution in [0.4, 0.5) is 0 Å². The lowest BCUT2D eigenvalue weighted by atomic mass is 10.2. The van der Waals surface area contributed by atoms with Crippen molar-refractivity contribution in [3.05, 3.63) is 41.5 Å². The minimum absolute atomic E-state index is 0.0333. The number of aryl methyl sites for hydroxylation is 1. The molecule has 1 aromatic heterocycles. The van der Waals surface area contributed by atoms with E-state index in [0.29, 0.717) is 36.2 Å². The summed E-state index contributed by atoms with van der Waals surface area (Å²) in [7, 11) is 1.71. The van der Waals surface area contributed by atoms with Crippen LogP contribution in [0.15, 0.2) is 28.8 Å². The average molecular weight is 328 g/mol. The molecule has 1 aromatic carbocycles. The number of methoxy groups -OCH3 is 1. The molecule has 0 unspecified atom stereocenters. The monoisotopic (exact) mass is 328 g/mol. The lowest BCUT2D eigenvalue weighted by molar-refractivity contribution is 0.105. The smallest absolute Gasteiger partial charge is 0.244 e. The Morgan fingerprint density at radius 1 is 1.42 bits per heavy atom. The standard InChI is InChI=1S/C17H20N4O3/c1-12-19-17(24-20-12)15-9-14(22-2)11-21(15)7-8-23-16-6-4-3-5-13(16)10-18/h3-6,14-15H,7-9,11H2,1-2H3/t14-,15-/m1/s1. The van der Waals surface area contributed by atoms with E-state index in [-0.39, 0.29) is 12.1 Å². The molecule has 0 amide bonds. The van der Waals surface area contributed by atoms with Crippen LogP contribution in [0.2, 0.25) is 0 Å². The SMILES string of the molecule is CO[C@@H]1C[C@H](c2nc(C)no2)N(CCOc2ccccc2C#N)C1. The Kier molecular flexibility index (Phi) is 5.08. The number of hydrogen-bond acceptors (Lipinski definition) is 7. The summed E-state index contributed by atoms with van der Waals surface area (Å²) in [6, 6.07) is 9.40. The number of hydrogen-bond donors (Lipinski definition) is 0. The number of nitriles is 1. The average Bonchev–Trinajstić information content (AvgIpc) is 3.21. The zero-order valence-electron chi connectivity index (χ0n) is 13.8. The molecule has 1 aliphatic heterocycles. The van der Waals surface area contributed by atoms with Gasteiger partial charge in [0.15, 0.2) is 5.82 Å². The van der Waals surface area contributed by atoms with E-state index < -0.39 is 0 Å². The predicted octanol–water partition coefficient (Wildman–Crippen LogP) is 2.09. The van der Waals surface area contributed by atoms with Gasteiger partial charge >= 0.3 is 0 Å². The van der Waals surface area contributed by atoms with Gasteiger partial charge in [0, 0.05) is 20.2 Å². The van der Waals surface area contributed by atoms with E-state index in [4.69, 9.17) is 19.3 Å². The lowest BCUT2D eigenvalue weighted by Crippen LogP contribution is -2.30. The number of ether oxygens (including phenoxy) is 2. The molecule has 0 radical (unpaired) electrons. The van der Waals surface area contributed by atoms with Gasteiger partial charge in [0.05, 0.1) is 17.7 Å². The Morgan fingerprint density at radius 2 is 2.25 bits per heavy atom. The molecule has 24 heavy (non-hydrogen) atoms. The second-order valence-corrected chi connectivity index (χ2v) is 5.74. The lowest BCUT2D eigenvalue weighted by Gasteiger charge is -2.21. The molecule has 7 heteroatoms. The molecule has 1 fully saturated rings. The molecule has 0 bridgehead atoms. The van der Waals surface area contributed by atoms with Crippen LogP contribution >= 0.6 is 0 Å². The van der Waals surface area contributed by atoms with Gasteiger partial charge in [0.2, 0.25) is 5.89 Å². The van der Waals surface area contributed by atoms with Crippen molar-refractivity contribution < 1.29 is 14.0 Å². The highest BCUT2D eigenvalue weighted by molar-refractivity contribution is 5.42. The van der Waals surface area contributed by atoms with Crippen LogP contribution in [0.5, 0.6) is 5.75 Å². The molecule has 126 valence electrons. The Balaban J connectivity index is 1.63. The molecule has 3 rings (SSSR count). The third-order valence-corrected chi connectivity index (χ3v) is 4.17. The van der Waals surface area contributed by atoms with Crippen LogP contribution in [0, 0.1) is 18.3 Å². The third kappa shape index (κ3) is 3.55. The fourth-order valence-electron chi connectivity index (χ4n) is 2.94. The van der Waals surface area contributed by atoms with Gasteiger partial charge in [-0.2, -0.15) is 10.2 Å². The summed E-state index contributed by atoms with van der Waals surface area (Å²) in [4.78, 5) is 6.56. The molecule has 1 saturated heterocycles. The van der Waals surface area contributed by atoms with Crippen LogP contribution in [0.25, 0.3) is 0 Å². The number of likely N-dealkylation sites (tertiary alicyclic amines) is 1. The molecule has 7 nitrogen and oxygen atoms in total. The number of rotatable bonds is 6. The highest BCUT2D eigenvalue weighted by Gasteiger charge is 2.36. The Morgan fingerprint density at radius 3 is 2.96 bits per heavy atom. The van der Waals surface area contributed by atoms with Gasteiger partial charge in [-0.15, -0.1) is 0 Å². The molecule has 1 aliphatic rings. The fraction of sp³-hybridized carbons (Fsp3) is 0.471. The van der Waals surface area contributed by atoms with Gasteiger partial charge in [0.25, 0.3) is 0 Å². The summed E-state index contributed by atoms with van der Waals surface area (Å²) in [5.41, 5.74) is 0.540. The first kappa shape index (κ1) is 16.4. The topological polar surface area (TPSA) is 84.4 Å². The first-order valence-electron chi connectivity index (χ1n) is 7.90. The number of nitrogens with zero attached hydrogens (tertiary/aromatic N) is 4. The number of aromatic nitrogens is 2. The second-order valence-electron chi connectivity index (χ2n) is 5.74. The number of para-hydroxylation sites is 1. The fourth-order valence-corrected chi connectivity index (χ4v) is 2.94. The zero-order chi connectivity index (χ0) is 16.9. The maximum absolute atomic E-state index is 9.10. The molecule has 0 saturated carbocycles. The summed E-state index contributed by atoms with van der Waals surface area (Å²) in [5, 5.41) is 13.0. The normalized spacial score (nSPS) is 20.9. The summed E-state index contributed by atoms with van der Waals surface area (Å²) >= 11 is 0. The number of benzene rings is 1. The van der Waals surface area contributed by atoms with Crippen LogP contribution < -0.4 is 4.74 Å². The minimum atomic E-state index is 0.0333. The van der Waals surface area contributed by atoms with Crippen molar-refractivity contribution in [2.75, 3.05) is 26.8 Å². The van der Waals surface area contributed by atoms with Gasteiger partial charge in [0.1, 0.15) is 18.4 Å². The van der Waals surface area contributed by atoms with E-state index in [9.17, 15) is 0 Å². The second kappa shape index (κ2) is 7.43. The van der Waals surface area contributed by atoms with E-state index in [1.54, 1.807) is 19.2 Å². The van der Waals surface area contributed by atoms with Crippen LogP contribution in [-0.4, -0.2) is 48.0 Å². The summed E-state index contributed by atoms with van der Waals surface area (Å²) < 4.78 is 16.6. The predicted molar refractivity (Wildman–Crippen MR) is 85.4 cm³/mol. The van der Waals surface area contributed by atoms with Crippen LogP contribution in [0.3, 0.4) is 0 Å². The van der Waals surface area contributed by atoms with Crippen LogP contribution in [-0.2, 0) is 4.74 Å². The summed E-state index contributed by atoms with van der Waals surface area (Å²) in [6.45, 7) is 3.75. The Bertz CT molecular complexity index is 725. The van der Waals surface area contributed by atoms with Crippen molar-refractivity contribution in [1.29, 1.82) is 5.26 Å². The largest absolute Gasteiger partial charge is 0.491 e. The van der Waals surface area contributed by atoms with Gasteiger partial charge in [-0.05, 0) is 25.5 Å². The highest BCUT2D eigenvalue weighted by Crippen LogP contribution is 2.32. The van der Waals surface area contributed by atoms with Gasteiger partial charge in [-0.1, -0.05) is 17.3 Å². The molecule has 0 spiro atoms. The van der Waals surface area contributed by atoms with E-state index >= 15 is 0 Å².